The first kappa shape index (κ1) is 17.3. The van der Waals surface area contributed by atoms with Crippen LogP contribution in [0, 0.1) is 0 Å². The molecule has 5 heteroatoms. The second-order valence-corrected chi connectivity index (χ2v) is 4.48. The highest BCUT2D eigenvalue weighted by atomic mass is 27.3. The van der Waals surface area contributed by atoms with Gasteiger partial charge >= 0.3 is 15.1 Å². The highest BCUT2D eigenvalue weighted by molar-refractivity contribution is 6.36. The molecule has 0 aromatic heterocycles. The van der Waals surface area contributed by atoms with Gasteiger partial charge in [0.2, 0.25) is 0 Å². The van der Waals surface area contributed by atoms with Gasteiger partial charge in [-0.2, -0.15) is 0 Å². The Morgan fingerprint density at radius 1 is 0.714 bits per heavy atom. The van der Waals surface area contributed by atoms with Gasteiger partial charge in [0.25, 0.3) is 0 Å². The number of hydrogen-bond acceptors (Lipinski definition) is 3. The molecule has 0 aliphatic heterocycles. The van der Waals surface area contributed by atoms with Gasteiger partial charge in [0.05, 0.1) is 0 Å². The SMILES string of the molecule is CCC[O][Al]([O]CCC)[O]CCC.[Al]. The third-order valence-electron chi connectivity index (χ3n) is 1.37. The molecule has 3 radical (unpaired) electrons. The van der Waals surface area contributed by atoms with Crippen LogP contribution in [0.25, 0.3) is 0 Å². The molecule has 0 atom stereocenters. The maximum absolute atomic E-state index is 5.49. The molecule has 0 fully saturated rings. The fourth-order valence-corrected chi connectivity index (χ4v) is 2.36. The second-order valence-electron chi connectivity index (χ2n) is 2.90. The van der Waals surface area contributed by atoms with E-state index >= 15 is 0 Å². The van der Waals surface area contributed by atoms with Crippen molar-refractivity contribution in [2.45, 2.75) is 40.0 Å². The van der Waals surface area contributed by atoms with Crippen LogP contribution in [0.3, 0.4) is 0 Å². The molecule has 0 aromatic carbocycles. The minimum atomic E-state index is -1.79. The average Bonchev–Trinajstić information content (AvgIpc) is 2.17. The van der Waals surface area contributed by atoms with Crippen molar-refractivity contribution < 1.29 is 11.4 Å². The third kappa shape index (κ3) is 11.0. The fraction of sp³-hybridized carbons (Fsp3) is 1.00. The summed E-state index contributed by atoms with van der Waals surface area (Å²) in [6.07, 6.45) is 3.07. The summed E-state index contributed by atoms with van der Waals surface area (Å²) in [5.74, 6) is 0. The second kappa shape index (κ2) is 13.9. The first-order valence-corrected chi connectivity index (χ1v) is 6.61. The van der Waals surface area contributed by atoms with E-state index in [1.54, 1.807) is 0 Å². The first-order valence-electron chi connectivity index (χ1n) is 5.19. The van der Waals surface area contributed by atoms with Crippen molar-refractivity contribution in [2.75, 3.05) is 19.8 Å². The summed E-state index contributed by atoms with van der Waals surface area (Å²) < 4.78 is 16.5. The molecule has 0 bridgehead atoms. The van der Waals surface area contributed by atoms with Crippen LogP contribution in [0.1, 0.15) is 40.0 Å². The molecule has 0 unspecified atom stereocenters. The van der Waals surface area contributed by atoms with Crippen LogP contribution in [0.15, 0.2) is 0 Å². The Morgan fingerprint density at radius 2 is 1.00 bits per heavy atom. The summed E-state index contributed by atoms with van der Waals surface area (Å²) in [6, 6.07) is 0. The molecule has 14 heavy (non-hydrogen) atoms. The molecule has 0 saturated carbocycles. The van der Waals surface area contributed by atoms with E-state index in [-0.39, 0.29) is 17.4 Å². The quantitative estimate of drug-likeness (QED) is 0.567. The van der Waals surface area contributed by atoms with Crippen molar-refractivity contribution in [3.8, 4) is 0 Å². The summed E-state index contributed by atoms with van der Waals surface area (Å²) >= 11 is -1.79. The molecule has 0 aromatic rings. The summed E-state index contributed by atoms with van der Waals surface area (Å²) in [5, 5.41) is 0. The molecule has 0 aliphatic rings. The Kier molecular flexibility index (Phi) is 17.3. The maximum Gasteiger partial charge on any atom is 0.905 e. The Balaban J connectivity index is 0. The van der Waals surface area contributed by atoms with Crippen molar-refractivity contribution in [2.24, 2.45) is 0 Å². The van der Waals surface area contributed by atoms with Gasteiger partial charge < -0.3 is 11.4 Å². The molecule has 0 N–H and O–H groups in total. The van der Waals surface area contributed by atoms with E-state index in [0.717, 1.165) is 39.1 Å². The summed E-state index contributed by atoms with van der Waals surface area (Å²) in [6.45, 7) is 8.53. The van der Waals surface area contributed by atoms with Crippen LogP contribution in [0.2, 0.25) is 0 Å². The molecule has 0 saturated heterocycles. The third-order valence-corrected chi connectivity index (χ3v) is 2.90. The van der Waals surface area contributed by atoms with E-state index in [2.05, 4.69) is 20.8 Å². The Morgan fingerprint density at radius 3 is 1.21 bits per heavy atom. The van der Waals surface area contributed by atoms with Crippen LogP contribution in [-0.4, -0.2) is 52.3 Å². The standard InChI is InChI=1S/3C3H7O.2Al/c3*1-2-3-4;;/h3*2-3H2,1H3;;/q3*-1;;+3. The van der Waals surface area contributed by atoms with E-state index in [1.807, 2.05) is 0 Å². The lowest BCUT2D eigenvalue weighted by atomic mass is 10.5. The van der Waals surface area contributed by atoms with E-state index in [1.165, 1.54) is 0 Å². The minimum Gasteiger partial charge on any atom is -0.454 e. The van der Waals surface area contributed by atoms with Gasteiger partial charge in [-0.25, -0.2) is 0 Å². The molecule has 0 rings (SSSR count). The van der Waals surface area contributed by atoms with E-state index in [0.29, 0.717) is 0 Å². The normalized spacial score (nSPS) is 9.64. The van der Waals surface area contributed by atoms with Crippen molar-refractivity contribution >= 4 is 32.5 Å². The zero-order valence-corrected chi connectivity index (χ0v) is 11.9. The summed E-state index contributed by atoms with van der Waals surface area (Å²) in [4.78, 5) is 0. The molecular weight excluding hydrogens is 210 g/mol. The average molecular weight is 231 g/mol. The number of hydrogen-bond donors (Lipinski definition) is 0. The highest BCUT2D eigenvalue weighted by Crippen LogP contribution is 1.96. The van der Waals surface area contributed by atoms with Crippen LogP contribution in [-0.2, 0) is 11.4 Å². The highest BCUT2D eigenvalue weighted by Gasteiger charge is 2.29. The lowest BCUT2D eigenvalue weighted by Gasteiger charge is -2.11. The zero-order chi connectivity index (χ0) is 9.94. The van der Waals surface area contributed by atoms with Gasteiger partial charge in [-0.1, -0.05) is 20.8 Å². The van der Waals surface area contributed by atoms with Gasteiger partial charge in [0.1, 0.15) is 0 Å². The van der Waals surface area contributed by atoms with Crippen molar-refractivity contribution in [1.82, 2.24) is 0 Å². The fourth-order valence-electron chi connectivity index (χ4n) is 0.787. The summed E-state index contributed by atoms with van der Waals surface area (Å²) in [5.41, 5.74) is 0. The molecule has 0 amide bonds. The van der Waals surface area contributed by atoms with Crippen molar-refractivity contribution in [3.63, 3.8) is 0 Å². The maximum atomic E-state index is 5.49. The largest absolute Gasteiger partial charge is 0.905 e. The minimum absolute atomic E-state index is 0. The molecule has 81 valence electrons. The molecular formula is C9H21Al2O3. The van der Waals surface area contributed by atoms with Gasteiger partial charge in [-0.3, -0.25) is 0 Å². The van der Waals surface area contributed by atoms with E-state index in [4.69, 9.17) is 11.4 Å². The molecule has 0 aliphatic carbocycles. The van der Waals surface area contributed by atoms with Gasteiger partial charge in [0, 0.05) is 37.2 Å². The van der Waals surface area contributed by atoms with E-state index < -0.39 is 15.1 Å². The molecule has 0 spiro atoms. The van der Waals surface area contributed by atoms with Crippen LogP contribution < -0.4 is 0 Å². The van der Waals surface area contributed by atoms with Crippen molar-refractivity contribution in [1.29, 1.82) is 0 Å². The topological polar surface area (TPSA) is 27.7 Å². The number of rotatable bonds is 9. The zero-order valence-electron chi connectivity index (χ0n) is 9.62. The first-order chi connectivity index (χ1) is 6.35. The Hall–Kier alpha value is 0.945. The lowest BCUT2D eigenvalue weighted by Crippen LogP contribution is -2.28. The molecule has 0 heterocycles. The van der Waals surface area contributed by atoms with E-state index in [9.17, 15) is 0 Å². The van der Waals surface area contributed by atoms with Gasteiger partial charge in [-0.15, -0.1) is 0 Å². The van der Waals surface area contributed by atoms with Gasteiger partial charge in [-0.05, 0) is 19.3 Å². The Bertz CT molecular complexity index is 85.0. The van der Waals surface area contributed by atoms with Gasteiger partial charge in [0.15, 0.2) is 0 Å². The predicted molar refractivity (Wildman–Crippen MR) is 60.2 cm³/mol. The summed E-state index contributed by atoms with van der Waals surface area (Å²) in [7, 11) is 0. The lowest BCUT2D eigenvalue weighted by molar-refractivity contribution is 0.0933. The molecule has 3 nitrogen and oxygen atoms in total. The van der Waals surface area contributed by atoms with Crippen LogP contribution in [0.5, 0.6) is 0 Å². The smallest absolute Gasteiger partial charge is 0.454 e. The monoisotopic (exact) mass is 231 g/mol. The van der Waals surface area contributed by atoms with Crippen LogP contribution >= 0.6 is 0 Å². The van der Waals surface area contributed by atoms with Crippen molar-refractivity contribution in [3.05, 3.63) is 0 Å². The Labute approximate surface area is 104 Å². The predicted octanol–water partition coefficient (Wildman–Crippen LogP) is 1.87. The van der Waals surface area contributed by atoms with Crippen LogP contribution in [0.4, 0.5) is 0 Å².